The van der Waals surface area contributed by atoms with Crippen LogP contribution in [0.3, 0.4) is 0 Å². The van der Waals surface area contributed by atoms with E-state index in [-0.39, 0.29) is 0 Å². The molecule has 0 spiro atoms. The van der Waals surface area contributed by atoms with Crippen molar-refractivity contribution in [2.75, 3.05) is 0 Å². The minimum absolute atomic E-state index is 0.642. The molecular weight excluding hydrogens is 136 g/mol. The maximum atomic E-state index is 9.90. The van der Waals surface area contributed by atoms with Crippen LogP contribution in [0.25, 0.3) is 0 Å². The van der Waals surface area contributed by atoms with Crippen molar-refractivity contribution in [2.24, 2.45) is 0 Å². The molecule has 1 nitrogen and oxygen atoms in total. The number of unbranched alkanes of at least 4 members (excludes halogenated alkanes) is 1. The van der Waals surface area contributed by atoms with Crippen molar-refractivity contribution in [1.82, 2.24) is 0 Å². The predicted molar refractivity (Wildman–Crippen MR) is 48.5 cm³/mol. The molecule has 0 rings (SSSR count). The second-order valence-electron chi connectivity index (χ2n) is 2.71. The van der Waals surface area contributed by atoms with Gasteiger partial charge in [-0.2, -0.15) is 0 Å². The van der Waals surface area contributed by atoms with Crippen molar-refractivity contribution in [3.8, 4) is 0 Å². The van der Waals surface area contributed by atoms with Crippen LogP contribution in [0.2, 0.25) is 0 Å². The summed E-state index contributed by atoms with van der Waals surface area (Å²) in [6.07, 6.45) is 8.73. The Bertz CT molecular complexity index is 145. The molecule has 0 fully saturated rings. The highest BCUT2D eigenvalue weighted by molar-refractivity contribution is 5.49. The molecule has 0 aliphatic rings. The molecule has 0 heterocycles. The predicted octanol–water partition coefficient (Wildman–Crippen LogP) is 2.88. The summed E-state index contributed by atoms with van der Waals surface area (Å²) < 4.78 is 0. The summed E-state index contributed by atoms with van der Waals surface area (Å²) in [6, 6.07) is 0. The molecule has 0 amide bonds. The zero-order chi connectivity index (χ0) is 8.53. The summed E-state index contributed by atoms with van der Waals surface area (Å²) in [5, 5.41) is 0. The van der Waals surface area contributed by atoms with Gasteiger partial charge in [-0.05, 0) is 26.2 Å². The molecule has 0 radical (unpaired) electrons. The summed E-state index contributed by atoms with van der Waals surface area (Å²) in [4.78, 5) is 9.90. The molecule has 0 N–H and O–H groups in total. The van der Waals surface area contributed by atoms with Crippen LogP contribution in [-0.2, 0) is 4.79 Å². The SMILES string of the molecule is C=C(C)CC/C=C/CCC=O. The zero-order valence-electron chi connectivity index (χ0n) is 7.18. The molecule has 0 aromatic heterocycles. The lowest BCUT2D eigenvalue weighted by Gasteiger charge is -1.91. The minimum atomic E-state index is 0.642. The zero-order valence-corrected chi connectivity index (χ0v) is 7.18. The number of aldehydes is 1. The third kappa shape index (κ3) is 9.15. The third-order valence-electron chi connectivity index (χ3n) is 1.36. The molecule has 1 heteroatoms. The van der Waals surface area contributed by atoms with E-state index < -0.39 is 0 Å². The van der Waals surface area contributed by atoms with Crippen molar-refractivity contribution in [1.29, 1.82) is 0 Å². The van der Waals surface area contributed by atoms with Crippen LogP contribution in [0.15, 0.2) is 24.3 Å². The Kier molecular flexibility index (Phi) is 6.70. The summed E-state index contributed by atoms with van der Waals surface area (Å²) in [5.74, 6) is 0. The first-order valence-corrected chi connectivity index (χ1v) is 4.00. The van der Waals surface area contributed by atoms with Gasteiger partial charge >= 0.3 is 0 Å². The van der Waals surface area contributed by atoms with Gasteiger partial charge in [0, 0.05) is 6.42 Å². The molecule has 0 aromatic carbocycles. The monoisotopic (exact) mass is 152 g/mol. The Labute approximate surface area is 68.8 Å². The summed E-state index contributed by atoms with van der Waals surface area (Å²) in [7, 11) is 0. The maximum Gasteiger partial charge on any atom is 0.120 e. The Hall–Kier alpha value is -0.850. The van der Waals surface area contributed by atoms with Gasteiger partial charge in [0.25, 0.3) is 0 Å². The maximum absolute atomic E-state index is 9.90. The molecule has 0 atom stereocenters. The van der Waals surface area contributed by atoms with Crippen LogP contribution in [0.5, 0.6) is 0 Å². The van der Waals surface area contributed by atoms with E-state index in [1.165, 1.54) is 5.57 Å². The standard InChI is InChI=1S/C10H16O/c1-10(2)8-6-4-3-5-7-9-11/h3-4,9H,1,5-8H2,2H3/b4-3+. The van der Waals surface area contributed by atoms with Gasteiger partial charge in [-0.1, -0.05) is 17.7 Å². The first-order valence-electron chi connectivity index (χ1n) is 4.00. The third-order valence-corrected chi connectivity index (χ3v) is 1.36. The normalized spacial score (nSPS) is 10.3. The van der Waals surface area contributed by atoms with Crippen molar-refractivity contribution in [2.45, 2.75) is 32.6 Å². The van der Waals surface area contributed by atoms with Crippen molar-refractivity contribution in [3.63, 3.8) is 0 Å². The van der Waals surface area contributed by atoms with Gasteiger partial charge in [0.05, 0.1) is 0 Å². The van der Waals surface area contributed by atoms with E-state index in [2.05, 4.69) is 18.7 Å². The Morgan fingerprint density at radius 3 is 2.45 bits per heavy atom. The topological polar surface area (TPSA) is 17.1 Å². The van der Waals surface area contributed by atoms with Crippen LogP contribution in [-0.4, -0.2) is 6.29 Å². The summed E-state index contributed by atoms with van der Waals surface area (Å²) >= 11 is 0. The van der Waals surface area contributed by atoms with E-state index in [4.69, 9.17) is 0 Å². The van der Waals surface area contributed by atoms with Gasteiger partial charge in [-0.3, -0.25) is 0 Å². The minimum Gasteiger partial charge on any atom is -0.303 e. The fraction of sp³-hybridized carbons (Fsp3) is 0.500. The molecule has 0 saturated heterocycles. The summed E-state index contributed by atoms with van der Waals surface area (Å²) in [6.45, 7) is 5.83. The number of allylic oxidation sites excluding steroid dienone is 3. The van der Waals surface area contributed by atoms with Crippen LogP contribution in [0.1, 0.15) is 32.6 Å². The van der Waals surface area contributed by atoms with E-state index in [0.717, 1.165) is 25.5 Å². The van der Waals surface area contributed by atoms with Gasteiger partial charge < -0.3 is 4.79 Å². The van der Waals surface area contributed by atoms with Crippen LogP contribution in [0, 0.1) is 0 Å². The van der Waals surface area contributed by atoms with E-state index >= 15 is 0 Å². The fourth-order valence-electron chi connectivity index (χ4n) is 0.730. The highest BCUT2D eigenvalue weighted by Gasteiger charge is 1.82. The molecule has 11 heavy (non-hydrogen) atoms. The number of hydrogen-bond donors (Lipinski definition) is 0. The van der Waals surface area contributed by atoms with Crippen LogP contribution < -0.4 is 0 Å². The number of hydrogen-bond acceptors (Lipinski definition) is 1. The van der Waals surface area contributed by atoms with Gasteiger partial charge in [0.2, 0.25) is 0 Å². The molecule has 0 unspecified atom stereocenters. The highest BCUT2D eigenvalue weighted by atomic mass is 16.1. The van der Waals surface area contributed by atoms with Crippen molar-refractivity contribution >= 4 is 6.29 Å². The molecule has 0 aliphatic heterocycles. The van der Waals surface area contributed by atoms with Gasteiger partial charge in [-0.25, -0.2) is 0 Å². The molecular formula is C10H16O. The van der Waals surface area contributed by atoms with E-state index in [0.29, 0.717) is 6.42 Å². The number of carbonyl (C=O) groups excluding carboxylic acids is 1. The lowest BCUT2D eigenvalue weighted by atomic mass is 10.2. The Morgan fingerprint density at radius 1 is 1.27 bits per heavy atom. The molecule has 0 saturated carbocycles. The Morgan fingerprint density at radius 2 is 1.91 bits per heavy atom. The lowest BCUT2D eigenvalue weighted by Crippen LogP contribution is -1.73. The smallest absolute Gasteiger partial charge is 0.120 e. The van der Waals surface area contributed by atoms with Crippen molar-refractivity contribution < 1.29 is 4.79 Å². The van der Waals surface area contributed by atoms with Crippen molar-refractivity contribution in [3.05, 3.63) is 24.3 Å². The van der Waals surface area contributed by atoms with E-state index in [9.17, 15) is 4.79 Å². The average molecular weight is 152 g/mol. The second kappa shape index (κ2) is 7.26. The average Bonchev–Trinajstić information content (AvgIpc) is 1.96. The molecule has 62 valence electrons. The van der Waals surface area contributed by atoms with Gasteiger partial charge in [0.1, 0.15) is 6.29 Å². The number of rotatable bonds is 6. The first kappa shape index (κ1) is 10.2. The van der Waals surface area contributed by atoms with Gasteiger partial charge in [0.15, 0.2) is 0 Å². The van der Waals surface area contributed by atoms with E-state index in [1.54, 1.807) is 0 Å². The lowest BCUT2D eigenvalue weighted by molar-refractivity contribution is -0.107. The van der Waals surface area contributed by atoms with Crippen LogP contribution >= 0.6 is 0 Å². The summed E-state index contributed by atoms with van der Waals surface area (Å²) in [5.41, 5.74) is 1.21. The second-order valence-corrected chi connectivity index (χ2v) is 2.71. The Balaban J connectivity index is 3.16. The molecule has 0 aromatic rings. The van der Waals surface area contributed by atoms with Crippen LogP contribution in [0.4, 0.5) is 0 Å². The quantitative estimate of drug-likeness (QED) is 0.325. The highest BCUT2D eigenvalue weighted by Crippen LogP contribution is 2.01. The van der Waals surface area contributed by atoms with E-state index in [1.807, 2.05) is 6.92 Å². The van der Waals surface area contributed by atoms with Gasteiger partial charge in [-0.15, -0.1) is 6.58 Å². The first-order chi connectivity index (χ1) is 5.27. The largest absolute Gasteiger partial charge is 0.303 e. The fourth-order valence-corrected chi connectivity index (χ4v) is 0.730. The number of carbonyl (C=O) groups is 1. The molecule has 0 aliphatic carbocycles. The molecule has 0 bridgehead atoms.